The Kier molecular flexibility index (Phi) is 1.66. The summed E-state index contributed by atoms with van der Waals surface area (Å²) in [7, 11) is 0. The van der Waals surface area contributed by atoms with Gasteiger partial charge in [0.2, 0.25) is 0 Å². The number of hydrogen-bond donors (Lipinski definition) is 1. The highest BCUT2D eigenvalue weighted by atomic mass is 35.5. The van der Waals surface area contributed by atoms with Gasteiger partial charge in [-0.05, 0) is 6.07 Å². The van der Waals surface area contributed by atoms with Crippen LogP contribution in [0.4, 0.5) is 0 Å². The summed E-state index contributed by atoms with van der Waals surface area (Å²) < 4.78 is 4.68. The second-order valence-electron chi connectivity index (χ2n) is 2.34. The molecule has 66 valence electrons. The zero-order chi connectivity index (χ0) is 9.42. The topological polar surface area (TPSA) is 76.2 Å². The Bertz CT molecular complexity index is 480. The molecule has 0 bridgehead atoms. The summed E-state index contributed by atoms with van der Waals surface area (Å²) >= 11 is 5.56. The van der Waals surface area contributed by atoms with Gasteiger partial charge in [0.1, 0.15) is 5.15 Å². The van der Waals surface area contributed by atoms with E-state index < -0.39 is 5.97 Å². The summed E-state index contributed by atoms with van der Waals surface area (Å²) in [5.74, 6) is -1.09. The largest absolute Gasteiger partial charge is 0.478 e. The molecule has 0 amide bonds. The maximum absolute atomic E-state index is 10.7. The van der Waals surface area contributed by atoms with Crippen molar-refractivity contribution in [3.05, 3.63) is 23.0 Å². The molecule has 0 fully saturated rings. The minimum atomic E-state index is -1.09. The minimum absolute atomic E-state index is 0.0382. The maximum atomic E-state index is 10.7. The van der Waals surface area contributed by atoms with Gasteiger partial charge in [-0.2, -0.15) is 4.98 Å². The highest BCUT2D eigenvalue weighted by Crippen LogP contribution is 2.20. The summed E-state index contributed by atoms with van der Waals surface area (Å²) in [6, 6.07) is 1.25. The molecule has 2 aromatic heterocycles. The van der Waals surface area contributed by atoms with E-state index in [1.165, 1.54) is 12.3 Å². The Morgan fingerprint density at radius 2 is 2.38 bits per heavy atom. The maximum Gasteiger partial charge on any atom is 0.336 e. The van der Waals surface area contributed by atoms with Crippen LogP contribution in [0, 0.1) is 0 Å². The predicted molar refractivity (Wildman–Crippen MR) is 43.8 cm³/mol. The van der Waals surface area contributed by atoms with Gasteiger partial charge < -0.3 is 9.63 Å². The molecule has 0 spiro atoms. The van der Waals surface area contributed by atoms with Gasteiger partial charge in [0.25, 0.3) is 5.71 Å². The van der Waals surface area contributed by atoms with Crippen molar-refractivity contribution in [1.29, 1.82) is 0 Å². The van der Waals surface area contributed by atoms with Gasteiger partial charge in [0, 0.05) is 0 Å². The summed E-state index contributed by atoms with van der Waals surface area (Å²) in [5.41, 5.74) is 0.168. The monoisotopic (exact) mass is 198 g/mol. The molecular formula is C7H3ClN2O3. The van der Waals surface area contributed by atoms with Crippen LogP contribution in [0.15, 0.2) is 16.8 Å². The molecule has 0 atom stereocenters. The molecule has 2 aromatic rings. The Hall–Kier alpha value is -1.62. The molecule has 2 rings (SSSR count). The summed E-state index contributed by atoms with van der Waals surface area (Å²) in [4.78, 5) is 14.5. The quantitative estimate of drug-likeness (QED) is 0.704. The van der Waals surface area contributed by atoms with E-state index >= 15 is 0 Å². The molecule has 0 unspecified atom stereocenters. The van der Waals surface area contributed by atoms with E-state index in [0.29, 0.717) is 5.39 Å². The average Bonchev–Trinajstić information content (AvgIpc) is 2.49. The van der Waals surface area contributed by atoms with Crippen molar-refractivity contribution < 1.29 is 14.4 Å². The summed E-state index contributed by atoms with van der Waals surface area (Å²) in [6.45, 7) is 0. The van der Waals surface area contributed by atoms with Crippen molar-refractivity contribution in [2.45, 2.75) is 0 Å². The van der Waals surface area contributed by atoms with Crippen molar-refractivity contribution >= 4 is 28.7 Å². The van der Waals surface area contributed by atoms with Crippen LogP contribution in [0.1, 0.15) is 10.4 Å². The number of carboxylic acid groups (broad SMARTS) is 1. The van der Waals surface area contributed by atoms with E-state index in [-0.39, 0.29) is 16.4 Å². The van der Waals surface area contributed by atoms with E-state index in [1.807, 2.05) is 0 Å². The predicted octanol–water partition coefficient (Wildman–Crippen LogP) is 1.57. The van der Waals surface area contributed by atoms with Crippen molar-refractivity contribution in [1.82, 2.24) is 10.1 Å². The lowest BCUT2D eigenvalue weighted by atomic mass is 10.2. The van der Waals surface area contributed by atoms with Crippen molar-refractivity contribution in [2.75, 3.05) is 0 Å². The fraction of sp³-hybridized carbons (Fsp3) is 0. The molecule has 0 aromatic carbocycles. The third-order valence-corrected chi connectivity index (χ3v) is 1.74. The normalized spacial score (nSPS) is 10.5. The molecule has 0 saturated carbocycles. The number of pyridine rings is 1. The van der Waals surface area contributed by atoms with Crippen molar-refractivity contribution in [2.24, 2.45) is 0 Å². The van der Waals surface area contributed by atoms with Crippen LogP contribution in [-0.4, -0.2) is 21.2 Å². The van der Waals surface area contributed by atoms with Crippen LogP contribution in [0.3, 0.4) is 0 Å². The SMILES string of the molecule is O=C(O)c1cc(Cl)nc2oncc12. The molecule has 1 N–H and O–H groups in total. The lowest BCUT2D eigenvalue weighted by Gasteiger charge is -1.94. The Morgan fingerprint density at radius 3 is 3.08 bits per heavy atom. The Balaban J connectivity index is 2.84. The smallest absolute Gasteiger partial charge is 0.336 e. The molecule has 6 heteroatoms. The van der Waals surface area contributed by atoms with Gasteiger partial charge in [-0.3, -0.25) is 0 Å². The van der Waals surface area contributed by atoms with E-state index in [2.05, 4.69) is 14.7 Å². The van der Waals surface area contributed by atoms with Crippen molar-refractivity contribution in [3.63, 3.8) is 0 Å². The molecular weight excluding hydrogens is 196 g/mol. The molecule has 0 radical (unpaired) electrons. The van der Waals surface area contributed by atoms with Crippen LogP contribution in [0.25, 0.3) is 11.1 Å². The first-order chi connectivity index (χ1) is 6.18. The average molecular weight is 199 g/mol. The molecule has 0 aliphatic rings. The number of aromatic carboxylic acids is 1. The lowest BCUT2D eigenvalue weighted by Crippen LogP contribution is -1.97. The summed E-state index contributed by atoms with van der Waals surface area (Å²) in [6.07, 6.45) is 1.29. The Morgan fingerprint density at radius 1 is 1.62 bits per heavy atom. The molecule has 0 aliphatic carbocycles. The van der Waals surface area contributed by atoms with Crippen LogP contribution < -0.4 is 0 Å². The Labute approximate surface area is 76.9 Å². The third kappa shape index (κ3) is 1.23. The molecule has 5 nitrogen and oxygen atoms in total. The number of hydrogen-bond acceptors (Lipinski definition) is 4. The van der Waals surface area contributed by atoms with E-state index in [9.17, 15) is 4.79 Å². The molecule has 0 aliphatic heterocycles. The number of carbonyl (C=O) groups is 1. The first kappa shape index (κ1) is 8.00. The molecule has 0 saturated heterocycles. The number of halogens is 1. The van der Waals surface area contributed by atoms with Gasteiger partial charge in [0.05, 0.1) is 17.1 Å². The van der Waals surface area contributed by atoms with E-state index in [4.69, 9.17) is 16.7 Å². The number of fused-ring (bicyclic) bond motifs is 1. The first-order valence-electron chi connectivity index (χ1n) is 3.32. The lowest BCUT2D eigenvalue weighted by molar-refractivity contribution is 0.0699. The number of nitrogens with zero attached hydrogens (tertiary/aromatic N) is 2. The van der Waals surface area contributed by atoms with Crippen LogP contribution >= 0.6 is 11.6 Å². The first-order valence-corrected chi connectivity index (χ1v) is 3.70. The van der Waals surface area contributed by atoms with Gasteiger partial charge in [-0.25, -0.2) is 4.79 Å². The molecule has 2 heterocycles. The van der Waals surface area contributed by atoms with E-state index in [0.717, 1.165) is 0 Å². The van der Waals surface area contributed by atoms with Crippen LogP contribution in [-0.2, 0) is 0 Å². The van der Waals surface area contributed by atoms with Crippen molar-refractivity contribution in [3.8, 4) is 0 Å². The fourth-order valence-corrected chi connectivity index (χ4v) is 1.19. The highest BCUT2D eigenvalue weighted by molar-refractivity contribution is 6.30. The number of aromatic nitrogens is 2. The molecule has 13 heavy (non-hydrogen) atoms. The van der Waals surface area contributed by atoms with Crippen LogP contribution in [0.5, 0.6) is 0 Å². The zero-order valence-corrected chi connectivity index (χ0v) is 6.95. The zero-order valence-electron chi connectivity index (χ0n) is 6.19. The van der Waals surface area contributed by atoms with Crippen LogP contribution in [0.2, 0.25) is 5.15 Å². The minimum Gasteiger partial charge on any atom is -0.478 e. The third-order valence-electron chi connectivity index (χ3n) is 1.54. The number of rotatable bonds is 1. The fourth-order valence-electron chi connectivity index (χ4n) is 1.00. The van der Waals surface area contributed by atoms with Gasteiger partial charge >= 0.3 is 5.97 Å². The van der Waals surface area contributed by atoms with Gasteiger partial charge in [-0.1, -0.05) is 16.8 Å². The highest BCUT2D eigenvalue weighted by Gasteiger charge is 2.13. The standard InChI is InChI=1S/C7H3ClN2O3/c8-5-1-3(7(11)12)4-2-9-13-6(4)10-5/h1-2H,(H,11,12). The van der Waals surface area contributed by atoms with E-state index in [1.54, 1.807) is 0 Å². The number of carboxylic acids is 1. The van der Waals surface area contributed by atoms with Gasteiger partial charge in [-0.15, -0.1) is 0 Å². The second-order valence-corrected chi connectivity index (χ2v) is 2.73. The van der Waals surface area contributed by atoms with Gasteiger partial charge in [0.15, 0.2) is 0 Å². The second kappa shape index (κ2) is 2.70. The summed E-state index contributed by atoms with van der Waals surface area (Å²) in [5, 5.41) is 12.6.